The molecule has 0 heterocycles. The fourth-order valence-corrected chi connectivity index (χ4v) is 1.38. The molecule has 1 aromatic rings. The van der Waals surface area contributed by atoms with Gasteiger partial charge in [-0.1, -0.05) is 25.1 Å². The monoisotopic (exact) mass is 269 g/mol. The van der Waals surface area contributed by atoms with E-state index >= 15 is 0 Å². The van der Waals surface area contributed by atoms with E-state index in [-0.39, 0.29) is 17.7 Å². The van der Waals surface area contributed by atoms with Crippen molar-refractivity contribution in [3.8, 4) is 5.75 Å². The highest BCUT2D eigenvalue weighted by Gasteiger charge is 2.07. The molecule has 0 spiro atoms. The van der Waals surface area contributed by atoms with E-state index in [4.69, 9.17) is 0 Å². The van der Waals surface area contributed by atoms with Gasteiger partial charge in [0.05, 0.1) is 0 Å². The average molecular weight is 269 g/mol. The molecule has 1 amide bonds. The van der Waals surface area contributed by atoms with Gasteiger partial charge in [-0.05, 0) is 25.5 Å². The van der Waals surface area contributed by atoms with Gasteiger partial charge in [0.15, 0.2) is 0 Å². The van der Waals surface area contributed by atoms with Crippen LogP contribution in [0.1, 0.15) is 25.8 Å². The zero-order valence-corrected chi connectivity index (χ0v) is 10.9. The van der Waals surface area contributed by atoms with E-state index in [1.165, 1.54) is 18.2 Å². The maximum absolute atomic E-state index is 12.2. The van der Waals surface area contributed by atoms with Gasteiger partial charge in [-0.2, -0.15) is 8.78 Å². The van der Waals surface area contributed by atoms with Crippen LogP contribution in [0, 0.1) is 0 Å². The SMILES string of the molecule is CCC(C)NC(=O)/C=C/c1ccccc1OC(F)F. The predicted octanol–water partition coefficient (Wildman–Crippen LogP) is 3.22. The summed E-state index contributed by atoms with van der Waals surface area (Å²) < 4.78 is 28.7. The highest BCUT2D eigenvalue weighted by atomic mass is 19.3. The maximum Gasteiger partial charge on any atom is 0.387 e. The van der Waals surface area contributed by atoms with Crippen molar-refractivity contribution in [3.05, 3.63) is 35.9 Å². The first-order valence-electron chi connectivity index (χ1n) is 6.05. The molecule has 3 nitrogen and oxygen atoms in total. The molecule has 5 heteroatoms. The largest absolute Gasteiger partial charge is 0.434 e. The molecule has 0 aliphatic heterocycles. The van der Waals surface area contributed by atoms with Crippen molar-refractivity contribution in [2.24, 2.45) is 0 Å². The van der Waals surface area contributed by atoms with Crippen molar-refractivity contribution in [3.63, 3.8) is 0 Å². The molecule has 19 heavy (non-hydrogen) atoms. The summed E-state index contributed by atoms with van der Waals surface area (Å²) in [5.74, 6) is -0.216. The Morgan fingerprint density at radius 1 is 1.42 bits per heavy atom. The highest BCUT2D eigenvalue weighted by Crippen LogP contribution is 2.21. The number of benzene rings is 1. The van der Waals surface area contributed by atoms with Crippen molar-refractivity contribution in [2.45, 2.75) is 32.9 Å². The Morgan fingerprint density at radius 3 is 2.74 bits per heavy atom. The number of carbonyl (C=O) groups excluding carboxylic acids is 1. The van der Waals surface area contributed by atoms with Crippen LogP contribution in [0.15, 0.2) is 30.3 Å². The van der Waals surface area contributed by atoms with E-state index < -0.39 is 6.61 Å². The lowest BCUT2D eigenvalue weighted by Gasteiger charge is -2.09. The van der Waals surface area contributed by atoms with Gasteiger partial charge in [-0.3, -0.25) is 4.79 Å². The number of nitrogens with one attached hydrogen (secondary N) is 1. The average Bonchev–Trinajstić information content (AvgIpc) is 2.37. The van der Waals surface area contributed by atoms with Gasteiger partial charge in [-0.25, -0.2) is 0 Å². The smallest absolute Gasteiger partial charge is 0.387 e. The molecule has 0 bridgehead atoms. The first kappa shape index (κ1) is 15.1. The summed E-state index contributed by atoms with van der Waals surface area (Å²) in [6.45, 7) is 0.962. The molecule has 1 N–H and O–H groups in total. The van der Waals surface area contributed by atoms with Crippen LogP contribution in [0.2, 0.25) is 0 Å². The molecular formula is C14H17F2NO2. The van der Waals surface area contributed by atoms with Crippen molar-refractivity contribution in [2.75, 3.05) is 0 Å². The second kappa shape index (κ2) is 7.51. The Balaban J connectivity index is 2.73. The van der Waals surface area contributed by atoms with E-state index in [9.17, 15) is 13.6 Å². The minimum atomic E-state index is -2.89. The molecule has 0 aliphatic carbocycles. The number of amides is 1. The summed E-state index contributed by atoms with van der Waals surface area (Å²) in [4.78, 5) is 11.5. The van der Waals surface area contributed by atoms with Gasteiger partial charge in [0.1, 0.15) is 5.75 Å². The van der Waals surface area contributed by atoms with Gasteiger partial charge in [-0.15, -0.1) is 0 Å². The molecule has 104 valence electrons. The minimum absolute atomic E-state index is 0.0464. The van der Waals surface area contributed by atoms with E-state index in [2.05, 4.69) is 10.1 Å². The van der Waals surface area contributed by atoms with E-state index in [0.717, 1.165) is 6.42 Å². The summed E-state index contributed by atoms with van der Waals surface area (Å²) in [5.41, 5.74) is 0.433. The van der Waals surface area contributed by atoms with E-state index in [0.29, 0.717) is 5.56 Å². The van der Waals surface area contributed by atoms with Gasteiger partial charge < -0.3 is 10.1 Å². The third-order valence-electron chi connectivity index (χ3n) is 2.55. The van der Waals surface area contributed by atoms with Crippen molar-refractivity contribution >= 4 is 12.0 Å². The zero-order valence-electron chi connectivity index (χ0n) is 10.9. The number of ether oxygens (including phenoxy) is 1. The molecular weight excluding hydrogens is 252 g/mol. The third kappa shape index (κ3) is 5.50. The minimum Gasteiger partial charge on any atom is -0.434 e. The van der Waals surface area contributed by atoms with Gasteiger partial charge in [0.2, 0.25) is 5.91 Å². The van der Waals surface area contributed by atoms with Crippen LogP contribution < -0.4 is 10.1 Å². The molecule has 0 radical (unpaired) electrons. The quantitative estimate of drug-likeness (QED) is 0.805. The van der Waals surface area contributed by atoms with Crippen LogP contribution in [0.25, 0.3) is 6.08 Å². The van der Waals surface area contributed by atoms with Gasteiger partial charge in [0, 0.05) is 17.7 Å². The topological polar surface area (TPSA) is 38.3 Å². The fourth-order valence-electron chi connectivity index (χ4n) is 1.38. The third-order valence-corrected chi connectivity index (χ3v) is 2.55. The lowest BCUT2D eigenvalue weighted by Crippen LogP contribution is -2.30. The van der Waals surface area contributed by atoms with Crippen LogP contribution in [0.3, 0.4) is 0 Å². The maximum atomic E-state index is 12.2. The molecule has 1 unspecified atom stereocenters. The second-order valence-corrected chi connectivity index (χ2v) is 4.07. The molecule has 1 rings (SSSR count). The number of alkyl halides is 2. The van der Waals surface area contributed by atoms with E-state index in [1.807, 2.05) is 13.8 Å². The fraction of sp³-hybridized carbons (Fsp3) is 0.357. The molecule has 0 aliphatic rings. The Hall–Kier alpha value is -1.91. The number of halogens is 2. The van der Waals surface area contributed by atoms with Crippen molar-refractivity contribution in [1.82, 2.24) is 5.32 Å². The Labute approximate surface area is 111 Å². The molecule has 0 aromatic heterocycles. The Bertz CT molecular complexity index is 447. The number of rotatable bonds is 6. The van der Waals surface area contributed by atoms with E-state index in [1.54, 1.807) is 18.2 Å². The molecule has 0 fully saturated rings. The molecule has 0 saturated heterocycles. The number of hydrogen-bond donors (Lipinski definition) is 1. The van der Waals surface area contributed by atoms with Crippen molar-refractivity contribution in [1.29, 1.82) is 0 Å². The Morgan fingerprint density at radius 2 is 2.11 bits per heavy atom. The lowest BCUT2D eigenvalue weighted by atomic mass is 10.2. The number of carbonyl (C=O) groups is 1. The predicted molar refractivity (Wildman–Crippen MR) is 70.0 cm³/mol. The second-order valence-electron chi connectivity index (χ2n) is 4.07. The van der Waals surface area contributed by atoms with Crippen LogP contribution in [0.5, 0.6) is 5.75 Å². The summed E-state index contributed by atoms with van der Waals surface area (Å²) in [6.07, 6.45) is 3.58. The molecule has 1 atom stereocenters. The van der Waals surface area contributed by atoms with Crippen LogP contribution in [-0.4, -0.2) is 18.6 Å². The number of para-hydroxylation sites is 1. The van der Waals surface area contributed by atoms with Crippen molar-refractivity contribution < 1.29 is 18.3 Å². The van der Waals surface area contributed by atoms with Crippen LogP contribution in [-0.2, 0) is 4.79 Å². The molecule has 1 aromatic carbocycles. The standard InChI is InChI=1S/C14H17F2NO2/c1-3-10(2)17-13(18)9-8-11-6-4-5-7-12(11)19-14(15)16/h4-10,14H,3H2,1-2H3,(H,17,18)/b9-8+. The first-order chi connectivity index (χ1) is 9.02. The first-order valence-corrected chi connectivity index (χ1v) is 6.05. The van der Waals surface area contributed by atoms with Crippen LogP contribution in [0.4, 0.5) is 8.78 Å². The summed E-state index contributed by atoms with van der Waals surface area (Å²) in [7, 11) is 0. The highest BCUT2D eigenvalue weighted by molar-refractivity contribution is 5.92. The number of hydrogen-bond acceptors (Lipinski definition) is 2. The zero-order chi connectivity index (χ0) is 14.3. The normalized spacial score (nSPS) is 12.7. The van der Waals surface area contributed by atoms with Gasteiger partial charge >= 0.3 is 6.61 Å². The molecule has 0 saturated carbocycles. The van der Waals surface area contributed by atoms with Crippen LogP contribution >= 0.6 is 0 Å². The van der Waals surface area contributed by atoms with Gasteiger partial charge in [0.25, 0.3) is 0 Å². The lowest BCUT2D eigenvalue weighted by molar-refractivity contribution is -0.117. The Kier molecular flexibility index (Phi) is 5.99. The summed E-state index contributed by atoms with van der Waals surface area (Å²) in [6, 6.07) is 6.38. The summed E-state index contributed by atoms with van der Waals surface area (Å²) >= 11 is 0. The summed E-state index contributed by atoms with van der Waals surface area (Å²) in [5, 5.41) is 2.75.